The Morgan fingerprint density at radius 1 is 0.641 bits per heavy atom. The number of carbonyl (C=O) groups is 3. The standard InChI is InChI=1S/C32H28O7/c1-36-28(33)31-19-26(23-12-8-5-9-13-23)39-27(24-16-14-22(15-17-24)21-10-6-4-7-11-21)25(31)18-32(20-31,29(34)37-2)30(35)38-3/h4-17,19H,18,20H2,1-3H3. The molecule has 39 heavy (non-hydrogen) atoms. The zero-order valence-corrected chi connectivity index (χ0v) is 21.9. The predicted molar refractivity (Wildman–Crippen MR) is 144 cm³/mol. The van der Waals surface area contributed by atoms with Gasteiger partial charge in [0.1, 0.15) is 16.9 Å². The summed E-state index contributed by atoms with van der Waals surface area (Å²) >= 11 is 0. The van der Waals surface area contributed by atoms with Crippen molar-refractivity contribution in [3.05, 3.63) is 108 Å². The molecule has 0 amide bonds. The second-order valence-corrected chi connectivity index (χ2v) is 9.61. The fourth-order valence-electron chi connectivity index (χ4n) is 5.57. The van der Waals surface area contributed by atoms with Gasteiger partial charge in [-0.25, -0.2) is 0 Å². The first-order valence-corrected chi connectivity index (χ1v) is 12.5. The number of fused-ring (bicyclic) bond motifs is 1. The van der Waals surface area contributed by atoms with E-state index in [0.717, 1.165) is 16.7 Å². The highest BCUT2D eigenvalue weighted by atomic mass is 16.5. The van der Waals surface area contributed by atoms with Crippen molar-refractivity contribution in [2.45, 2.75) is 12.8 Å². The molecule has 3 aromatic rings. The van der Waals surface area contributed by atoms with Gasteiger partial charge in [0.05, 0.1) is 21.3 Å². The van der Waals surface area contributed by atoms with Gasteiger partial charge < -0.3 is 18.9 Å². The lowest BCUT2D eigenvalue weighted by molar-refractivity contribution is -0.169. The Labute approximate surface area is 226 Å². The van der Waals surface area contributed by atoms with Crippen LogP contribution in [-0.2, 0) is 33.3 Å². The van der Waals surface area contributed by atoms with Gasteiger partial charge in [-0.2, -0.15) is 0 Å². The van der Waals surface area contributed by atoms with Crippen LogP contribution < -0.4 is 0 Å². The minimum Gasteiger partial charge on any atom is -0.468 e. The van der Waals surface area contributed by atoms with Gasteiger partial charge in [-0.3, -0.25) is 14.4 Å². The van der Waals surface area contributed by atoms with Crippen LogP contribution in [0.1, 0.15) is 24.0 Å². The first kappa shape index (κ1) is 26.0. The van der Waals surface area contributed by atoms with E-state index < -0.39 is 28.7 Å². The van der Waals surface area contributed by atoms with Gasteiger partial charge in [-0.15, -0.1) is 0 Å². The summed E-state index contributed by atoms with van der Waals surface area (Å²) in [6, 6.07) is 27.0. The highest BCUT2D eigenvalue weighted by molar-refractivity contribution is 6.05. The van der Waals surface area contributed by atoms with Crippen molar-refractivity contribution < 1.29 is 33.3 Å². The second-order valence-electron chi connectivity index (χ2n) is 9.61. The summed E-state index contributed by atoms with van der Waals surface area (Å²) < 4.78 is 21.9. The first-order chi connectivity index (χ1) is 18.9. The fraction of sp³-hybridized carbons (Fsp3) is 0.219. The highest BCUT2D eigenvalue weighted by Gasteiger charge is 2.66. The normalized spacial score (nSPS) is 19.3. The van der Waals surface area contributed by atoms with E-state index in [-0.39, 0.29) is 12.8 Å². The van der Waals surface area contributed by atoms with E-state index in [9.17, 15) is 14.4 Å². The molecule has 0 aromatic heterocycles. The molecule has 2 aliphatic rings. The SMILES string of the molecule is COC(=O)C12C=C(c3ccccc3)OC(c3ccc(-c4ccccc4)cc3)=C1CC(C(=O)OC)(C(=O)OC)C2. The summed E-state index contributed by atoms with van der Waals surface area (Å²) in [4.78, 5) is 40.0. The van der Waals surface area contributed by atoms with Crippen molar-refractivity contribution in [1.82, 2.24) is 0 Å². The highest BCUT2D eigenvalue weighted by Crippen LogP contribution is 2.61. The van der Waals surface area contributed by atoms with Crippen LogP contribution in [0.25, 0.3) is 22.6 Å². The lowest BCUT2D eigenvalue weighted by Gasteiger charge is -2.32. The van der Waals surface area contributed by atoms with Crippen molar-refractivity contribution in [2.75, 3.05) is 21.3 Å². The van der Waals surface area contributed by atoms with Gasteiger partial charge in [-0.05, 0) is 29.2 Å². The molecule has 0 radical (unpaired) electrons. The molecule has 0 bridgehead atoms. The summed E-state index contributed by atoms with van der Waals surface area (Å²) in [6.07, 6.45) is 1.31. The van der Waals surface area contributed by atoms with Gasteiger partial charge >= 0.3 is 17.9 Å². The van der Waals surface area contributed by atoms with E-state index in [1.165, 1.54) is 21.3 Å². The number of rotatable bonds is 6. The van der Waals surface area contributed by atoms with E-state index in [1.807, 2.05) is 84.9 Å². The largest absolute Gasteiger partial charge is 0.468 e. The summed E-state index contributed by atoms with van der Waals surface area (Å²) in [5, 5.41) is 0. The Morgan fingerprint density at radius 3 is 1.67 bits per heavy atom. The zero-order valence-electron chi connectivity index (χ0n) is 21.9. The smallest absolute Gasteiger partial charge is 0.323 e. The van der Waals surface area contributed by atoms with Gasteiger partial charge in [0.25, 0.3) is 0 Å². The number of carbonyl (C=O) groups excluding carboxylic acids is 3. The molecule has 3 aromatic carbocycles. The number of benzene rings is 3. The zero-order chi connectivity index (χ0) is 27.6. The topological polar surface area (TPSA) is 88.1 Å². The molecule has 1 aliphatic carbocycles. The molecule has 0 N–H and O–H groups in total. The van der Waals surface area contributed by atoms with Crippen LogP contribution in [0.4, 0.5) is 0 Å². The Hall–Kier alpha value is -4.65. The molecule has 1 heterocycles. The predicted octanol–water partition coefficient (Wildman–Crippen LogP) is 5.42. The Balaban J connectivity index is 1.73. The molecule has 1 unspecified atom stereocenters. The van der Waals surface area contributed by atoms with Gasteiger partial charge in [0, 0.05) is 17.5 Å². The lowest BCUT2D eigenvalue weighted by Crippen LogP contribution is -2.41. The summed E-state index contributed by atoms with van der Waals surface area (Å²) in [7, 11) is 3.70. The van der Waals surface area contributed by atoms with Crippen LogP contribution in [0.2, 0.25) is 0 Å². The Kier molecular flexibility index (Phi) is 6.83. The van der Waals surface area contributed by atoms with Crippen LogP contribution in [0.3, 0.4) is 0 Å². The third-order valence-electron chi connectivity index (χ3n) is 7.48. The van der Waals surface area contributed by atoms with Gasteiger partial charge in [-0.1, -0.05) is 84.9 Å². The minimum atomic E-state index is -1.76. The number of hydrogen-bond donors (Lipinski definition) is 0. The molecule has 198 valence electrons. The second kappa shape index (κ2) is 10.3. The molecule has 1 aliphatic heterocycles. The molecular weight excluding hydrogens is 496 g/mol. The minimum absolute atomic E-state index is 0.129. The molecule has 0 saturated heterocycles. The summed E-state index contributed by atoms with van der Waals surface area (Å²) in [6.45, 7) is 0. The van der Waals surface area contributed by atoms with Crippen molar-refractivity contribution in [3.63, 3.8) is 0 Å². The molecule has 1 saturated carbocycles. The van der Waals surface area contributed by atoms with Gasteiger partial charge in [0.2, 0.25) is 0 Å². The Morgan fingerprint density at radius 2 is 1.13 bits per heavy atom. The van der Waals surface area contributed by atoms with E-state index in [4.69, 9.17) is 18.9 Å². The molecular formula is C32H28O7. The fourth-order valence-corrected chi connectivity index (χ4v) is 5.57. The molecule has 0 spiro atoms. The number of esters is 3. The molecule has 5 rings (SSSR count). The summed E-state index contributed by atoms with van der Waals surface area (Å²) in [5.41, 5.74) is 0.705. The van der Waals surface area contributed by atoms with Crippen molar-refractivity contribution >= 4 is 29.4 Å². The average molecular weight is 525 g/mol. The van der Waals surface area contributed by atoms with Crippen molar-refractivity contribution in [2.24, 2.45) is 10.8 Å². The van der Waals surface area contributed by atoms with E-state index in [1.54, 1.807) is 6.08 Å². The maximum atomic E-state index is 13.6. The van der Waals surface area contributed by atoms with Crippen LogP contribution in [-0.4, -0.2) is 39.2 Å². The van der Waals surface area contributed by atoms with E-state index in [2.05, 4.69) is 0 Å². The van der Waals surface area contributed by atoms with Crippen LogP contribution in [0, 0.1) is 10.8 Å². The maximum Gasteiger partial charge on any atom is 0.323 e. The van der Waals surface area contributed by atoms with Crippen molar-refractivity contribution in [3.8, 4) is 11.1 Å². The monoisotopic (exact) mass is 524 g/mol. The number of methoxy groups -OCH3 is 3. The summed E-state index contributed by atoms with van der Waals surface area (Å²) in [5.74, 6) is -1.38. The van der Waals surface area contributed by atoms with Crippen LogP contribution in [0.15, 0.2) is 96.6 Å². The molecule has 7 heteroatoms. The Bertz CT molecular complexity index is 1450. The third-order valence-corrected chi connectivity index (χ3v) is 7.48. The molecule has 1 atom stereocenters. The van der Waals surface area contributed by atoms with E-state index in [0.29, 0.717) is 22.7 Å². The quantitative estimate of drug-likeness (QED) is 0.242. The van der Waals surface area contributed by atoms with Crippen LogP contribution >= 0.6 is 0 Å². The number of ether oxygens (including phenoxy) is 4. The van der Waals surface area contributed by atoms with Gasteiger partial charge in [0.15, 0.2) is 5.41 Å². The van der Waals surface area contributed by atoms with Crippen LogP contribution in [0.5, 0.6) is 0 Å². The molecule has 7 nitrogen and oxygen atoms in total. The molecule has 1 fully saturated rings. The van der Waals surface area contributed by atoms with Crippen molar-refractivity contribution in [1.29, 1.82) is 0 Å². The maximum absolute atomic E-state index is 13.6. The average Bonchev–Trinajstić information content (AvgIpc) is 3.38. The third kappa shape index (κ3) is 4.30. The first-order valence-electron chi connectivity index (χ1n) is 12.5. The van der Waals surface area contributed by atoms with E-state index >= 15 is 0 Å². The lowest BCUT2D eigenvalue weighted by atomic mass is 9.76. The number of hydrogen-bond acceptors (Lipinski definition) is 7.